The molecule has 1 amide bonds. The quantitative estimate of drug-likeness (QED) is 0.676. The Bertz CT molecular complexity index is 1080. The van der Waals surface area contributed by atoms with E-state index in [0.717, 1.165) is 5.52 Å². The number of benzene rings is 2. The Hall–Kier alpha value is -3.22. The molecule has 0 N–H and O–H groups in total. The summed E-state index contributed by atoms with van der Waals surface area (Å²) in [7, 11) is 0. The average Bonchev–Trinajstić information content (AvgIpc) is 2.91. The number of nitrogens with zero attached hydrogens (tertiary/aromatic N) is 3. The van der Waals surface area contributed by atoms with E-state index in [1.807, 2.05) is 6.07 Å². The molecule has 0 aliphatic carbocycles. The van der Waals surface area contributed by atoms with E-state index in [0.29, 0.717) is 20.6 Å². The van der Waals surface area contributed by atoms with Crippen LogP contribution in [-0.2, 0) is 6.54 Å². The molecule has 0 saturated carbocycles. The topological polar surface area (TPSA) is 58.1 Å². The molecule has 1 heterocycles. The number of hydrogen-bond acceptors (Lipinski definition) is 3. The predicted octanol–water partition coefficient (Wildman–Crippen LogP) is 3.09. The van der Waals surface area contributed by atoms with Crippen molar-refractivity contribution < 1.29 is 9.18 Å². The van der Waals surface area contributed by atoms with Crippen molar-refractivity contribution in [3.05, 3.63) is 64.2 Å². The summed E-state index contributed by atoms with van der Waals surface area (Å²) < 4.78 is 15.8. The predicted molar refractivity (Wildman–Crippen MR) is 89.7 cm³/mol. The normalized spacial score (nSPS) is 11.2. The van der Waals surface area contributed by atoms with Gasteiger partial charge in [0.15, 0.2) is 4.80 Å². The van der Waals surface area contributed by atoms with Gasteiger partial charge >= 0.3 is 0 Å². The molecule has 0 aliphatic rings. The van der Waals surface area contributed by atoms with Crippen molar-refractivity contribution in [2.24, 2.45) is 4.99 Å². The molecule has 0 spiro atoms. The van der Waals surface area contributed by atoms with Crippen LogP contribution in [0.4, 0.5) is 4.39 Å². The van der Waals surface area contributed by atoms with Gasteiger partial charge in [-0.2, -0.15) is 10.3 Å². The molecule has 0 atom stereocenters. The van der Waals surface area contributed by atoms with E-state index < -0.39 is 5.91 Å². The number of carbonyl (C=O) groups excluding carboxylic acids is 1. The van der Waals surface area contributed by atoms with Gasteiger partial charge in [-0.25, -0.2) is 4.39 Å². The summed E-state index contributed by atoms with van der Waals surface area (Å²) in [5.41, 5.74) is 1.56. The van der Waals surface area contributed by atoms with Gasteiger partial charge in [0.2, 0.25) is 0 Å². The molecule has 0 radical (unpaired) electrons. The van der Waals surface area contributed by atoms with Gasteiger partial charge in [-0.1, -0.05) is 17.3 Å². The highest BCUT2D eigenvalue weighted by molar-refractivity contribution is 7.16. The molecule has 3 rings (SSSR count). The maximum atomic E-state index is 13.4. The number of halogens is 1. The molecule has 3 aromatic rings. The fraction of sp³-hybridized carbons (Fsp3) is 0.0556. The first kappa shape index (κ1) is 15.7. The standard InChI is InChI=1S/C18H10FN3OS/c1-2-9-22-15-8-7-14(19)10-16(15)24-18(22)21-17(23)13-5-3-12(11-20)4-6-13/h1,3-8,10H,9H2. The fourth-order valence-electron chi connectivity index (χ4n) is 2.22. The molecular formula is C18H10FN3OS. The molecule has 24 heavy (non-hydrogen) atoms. The Balaban J connectivity index is 2.11. The van der Waals surface area contributed by atoms with Crippen LogP contribution in [0.1, 0.15) is 15.9 Å². The Morgan fingerprint density at radius 1 is 1.29 bits per heavy atom. The Morgan fingerprint density at radius 3 is 2.71 bits per heavy atom. The van der Waals surface area contributed by atoms with Gasteiger partial charge < -0.3 is 4.57 Å². The van der Waals surface area contributed by atoms with E-state index in [2.05, 4.69) is 10.9 Å². The van der Waals surface area contributed by atoms with Gasteiger partial charge in [-0.05, 0) is 42.5 Å². The van der Waals surface area contributed by atoms with Crippen LogP contribution in [-0.4, -0.2) is 10.5 Å². The van der Waals surface area contributed by atoms with Gasteiger partial charge in [-0.15, -0.1) is 6.42 Å². The maximum Gasteiger partial charge on any atom is 0.279 e. The maximum absolute atomic E-state index is 13.4. The highest BCUT2D eigenvalue weighted by atomic mass is 32.1. The lowest BCUT2D eigenvalue weighted by Gasteiger charge is -1.99. The number of nitriles is 1. The summed E-state index contributed by atoms with van der Waals surface area (Å²) in [6.07, 6.45) is 5.39. The highest BCUT2D eigenvalue weighted by Crippen LogP contribution is 2.18. The third-order valence-corrected chi connectivity index (χ3v) is 4.39. The minimum atomic E-state index is -0.447. The largest absolute Gasteiger partial charge is 0.305 e. The first-order valence-electron chi connectivity index (χ1n) is 6.94. The second-order valence-corrected chi connectivity index (χ2v) is 5.90. The van der Waals surface area contributed by atoms with Crippen molar-refractivity contribution in [2.45, 2.75) is 6.54 Å². The van der Waals surface area contributed by atoms with Crippen LogP contribution in [0.5, 0.6) is 0 Å². The number of aromatic nitrogens is 1. The third kappa shape index (κ3) is 2.96. The van der Waals surface area contributed by atoms with E-state index in [9.17, 15) is 9.18 Å². The summed E-state index contributed by atoms with van der Waals surface area (Å²) in [5.74, 6) is 1.71. The SMILES string of the molecule is C#CCn1c(=NC(=O)c2ccc(C#N)cc2)sc2cc(F)ccc21. The molecule has 0 fully saturated rings. The first-order chi connectivity index (χ1) is 11.6. The van der Waals surface area contributed by atoms with Crippen LogP contribution >= 0.6 is 11.3 Å². The van der Waals surface area contributed by atoms with Crippen molar-refractivity contribution in [1.29, 1.82) is 5.26 Å². The van der Waals surface area contributed by atoms with Crippen molar-refractivity contribution in [1.82, 2.24) is 4.57 Å². The van der Waals surface area contributed by atoms with Crippen molar-refractivity contribution >= 4 is 27.5 Å². The Labute approximate surface area is 141 Å². The average molecular weight is 335 g/mol. The van der Waals surface area contributed by atoms with Gasteiger partial charge in [0, 0.05) is 5.56 Å². The van der Waals surface area contributed by atoms with Crippen LogP contribution in [0.2, 0.25) is 0 Å². The number of rotatable bonds is 2. The van der Waals surface area contributed by atoms with E-state index >= 15 is 0 Å². The van der Waals surface area contributed by atoms with Crippen LogP contribution in [0, 0.1) is 29.5 Å². The lowest BCUT2D eigenvalue weighted by atomic mass is 10.1. The summed E-state index contributed by atoms with van der Waals surface area (Å²) in [5, 5.41) is 8.79. The summed E-state index contributed by atoms with van der Waals surface area (Å²) >= 11 is 1.20. The zero-order valence-electron chi connectivity index (χ0n) is 12.4. The molecular weight excluding hydrogens is 325 g/mol. The zero-order valence-corrected chi connectivity index (χ0v) is 13.2. The summed E-state index contributed by atoms with van der Waals surface area (Å²) in [6.45, 7) is 0.227. The van der Waals surface area contributed by atoms with E-state index in [-0.39, 0.29) is 12.4 Å². The van der Waals surface area contributed by atoms with Crippen LogP contribution in [0.3, 0.4) is 0 Å². The van der Waals surface area contributed by atoms with E-state index in [4.69, 9.17) is 11.7 Å². The fourth-order valence-corrected chi connectivity index (χ4v) is 3.27. The molecule has 1 aromatic heterocycles. The van der Waals surface area contributed by atoms with Crippen LogP contribution < -0.4 is 4.80 Å². The number of carbonyl (C=O) groups is 1. The van der Waals surface area contributed by atoms with Gasteiger partial charge in [-0.3, -0.25) is 4.79 Å². The van der Waals surface area contributed by atoms with Crippen LogP contribution in [0.25, 0.3) is 10.2 Å². The smallest absolute Gasteiger partial charge is 0.279 e. The highest BCUT2D eigenvalue weighted by Gasteiger charge is 2.09. The Kier molecular flexibility index (Phi) is 4.24. The summed E-state index contributed by atoms with van der Waals surface area (Å²) in [6, 6.07) is 12.5. The third-order valence-electron chi connectivity index (χ3n) is 3.35. The minimum Gasteiger partial charge on any atom is -0.305 e. The van der Waals surface area contributed by atoms with Crippen LogP contribution in [0.15, 0.2) is 47.5 Å². The second kappa shape index (κ2) is 6.49. The Morgan fingerprint density at radius 2 is 2.04 bits per heavy atom. The number of amides is 1. The molecule has 116 valence electrons. The van der Waals surface area contributed by atoms with Gasteiger partial charge in [0.25, 0.3) is 5.91 Å². The van der Waals surface area contributed by atoms with E-state index in [1.165, 1.54) is 23.5 Å². The summed E-state index contributed by atoms with van der Waals surface area (Å²) in [4.78, 5) is 16.8. The van der Waals surface area contributed by atoms with Crippen molar-refractivity contribution in [3.63, 3.8) is 0 Å². The molecule has 0 saturated heterocycles. The molecule has 0 aliphatic heterocycles. The number of terminal acetylenes is 1. The van der Waals surface area contributed by atoms with Gasteiger partial charge in [0.05, 0.1) is 28.4 Å². The molecule has 0 unspecified atom stereocenters. The lowest BCUT2D eigenvalue weighted by molar-refractivity contribution is 0.0998. The molecule has 4 nitrogen and oxygen atoms in total. The van der Waals surface area contributed by atoms with Crippen molar-refractivity contribution in [3.8, 4) is 18.4 Å². The second-order valence-electron chi connectivity index (χ2n) is 4.89. The molecule has 0 bridgehead atoms. The van der Waals surface area contributed by atoms with E-state index in [1.54, 1.807) is 34.9 Å². The minimum absolute atomic E-state index is 0.227. The number of fused-ring (bicyclic) bond motifs is 1. The number of thiazole rings is 1. The lowest BCUT2D eigenvalue weighted by Crippen LogP contribution is -2.16. The molecule has 2 aromatic carbocycles. The first-order valence-corrected chi connectivity index (χ1v) is 7.75. The number of hydrogen-bond donors (Lipinski definition) is 0. The van der Waals surface area contributed by atoms with Gasteiger partial charge in [0.1, 0.15) is 5.82 Å². The molecule has 6 heteroatoms. The zero-order chi connectivity index (χ0) is 17.1. The van der Waals surface area contributed by atoms with Crippen molar-refractivity contribution in [2.75, 3.05) is 0 Å². The monoisotopic (exact) mass is 335 g/mol.